The Balaban J connectivity index is 2.62. The van der Waals surface area contributed by atoms with Gasteiger partial charge in [0.15, 0.2) is 0 Å². The van der Waals surface area contributed by atoms with E-state index >= 15 is 0 Å². The van der Waals surface area contributed by atoms with Gasteiger partial charge in [-0.1, -0.05) is 61.7 Å². The Bertz CT molecular complexity index is 320. The van der Waals surface area contributed by atoms with Gasteiger partial charge in [-0.2, -0.15) is 0 Å². The van der Waals surface area contributed by atoms with Gasteiger partial charge in [0.1, 0.15) is 0 Å². The van der Waals surface area contributed by atoms with Crippen LogP contribution in [0.3, 0.4) is 0 Å². The van der Waals surface area contributed by atoms with Crippen molar-refractivity contribution in [3.05, 3.63) is 34.3 Å². The lowest BCUT2D eigenvalue weighted by molar-refractivity contribution is 0.389. The molecule has 0 aromatic heterocycles. The smallest absolute Gasteiger partial charge is 0.0320 e. The Kier molecular flexibility index (Phi) is 7.60. The van der Waals surface area contributed by atoms with Crippen molar-refractivity contribution in [2.45, 2.75) is 65.0 Å². The van der Waals surface area contributed by atoms with E-state index in [2.05, 4.69) is 66.3 Å². The minimum absolute atomic E-state index is 0.486. The normalized spacial score (nSPS) is 14.4. The first kappa shape index (κ1) is 15.7. The minimum atomic E-state index is 0.486. The molecule has 0 spiro atoms. The van der Waals surface area contributed by atoms with Crippen molar-refractivity contribution in [2.75, 3.05) is 0 Å². The van der Waals surface area contributed by atoms with E-state index in [0.717, 1.165) is 10.9 Å². The molecule has 0 aliphatic rings. The highest BCUT2D eigenvalue weighted by atomic mass is 79.9. The summed E-state index contributed by atoms with van der Waals surface area (Å²) in [4.78, 5) is 0. The predicted octanol–water partition coefficient (Wildman–Crippen LogP) is 5.46. The van der Waals surface area contributed by atoms with Gasteiger partial charge < -0.3 is 5.32 Å². The van der Waals surface area contributed by atoms with Crippen molar-refractivity contribution >= 4 is 15.9 Å². The van der Waals surface area contributed by atoms with Gasteiger partial charge in [-0.3, -0.25) is 0 Å². The van der Waals surface area contributed by atoms with Gasteiger partial charge in [-0.25, -0.2) is 0 Å². The molecule has 2 unspecified atom stereocenters. The van der Waals surface area contributed by atoms with Crippen LogP contribution in [0.5, 0.6) is 0 Å². The summed E-state index contributed by atoms with van der Waals surface area (Å²) in [6.07, 6.45) is 6.26. The molecule has 1 N–H and O–H groups in total. The summed E-state index contributed by atoms with van der Waals surface area (Å²) in [5.41, 5.74) is 1.40. The van der Waals surface area contributed by atoms with Crippen molar-refractivity contribution in [2.24, 2.45) is 0 Å². The van der Waals surface area contributed by atoms with Crippen molar-refractivity contribution in [1.29, 1.82) is 0 Å². The van der Waals surface area contributed by atoms with Crippen LogP contribution in [-0.4, -0.2) is 6.04 Å². The Morgan fingerprint density at radius 1 is 1.06 bits per heavy atom. The molecule has 1 rings (SSSR count). The van der Waals surface area contributed by atoms with Crippen LogP contribution in [0.15, 0.2) is 28.7 Å². The van der Waals surface area contributed by atoms with Crippen molar-refractivity contribution in [3.63, 3.8) is 0 Å². The lowest BCUT2D eigenvalue weighted by Crippen LogP contribution is -2.32. The van der Waals surface area contributed by atoms with E-state index in [4.69, 9.17) is 0 Å². The highest BCUT2D eigenvalue weighted by molar-refractivity contribution is 9.10. The Hall–Kier alpha value is -0.340. The van der Waals surface area contributed by atoms with Gasteiger partial charge >= 0.3 is 0 Å². The molecule has 0 bridgehead atoms. The zero-order chi connectivity index (χ0) is 13.4. The summed E-state index contributed by atoms with van der Waals surface area (Å²) in [6.45, 7) is 6.80. The molecule has 0 aliphatic heterocycles. The maximum absolute atomic E-state index is 3.81. The van der Waals surface area contributed by atoms with Crippen molar-refractivity contribution < 1.29 is 0 Å². The van der Waals surface area contributed by atoms with E-state index in [1.165, 1.54) is 31.2 Å². The molecular weight excluding hydrogens is 286 g/mol. The third-order valence-corrected chi connectivity index (χ3v) is 4.05. The topological polar surface area (TPSA) is 12.0 Å². The molecule has 2 atom stereocenters. The predicted molar refractivity (Wildman–Crippen MR) is 83.9 cm³/mol. The molecule has 2 heteroatoms. The number of halogens is 1. The van der Waals surface area contributed by atoms with Crippen LogP contribution < -0.4 is 5.32 Å². The molecular formula is C16H26BrN. The number of hydrogen-bond donors (Lipinski definition) is 1. The molecule has 18 heavy (non-hydrogen) atoms. The summed E-state index contributed by atoms with van der Waals surface area (Å²) >= 11 is 3.49. The molecule has 0 fully saturated rings. The van der Waals surface area contributed by atoms with Crippen LogP contribution >= 0.6 is 15.9 Å². The molecule has 1 aromatic carbocycles. The van der Waals surface area contributed by atoms with Gasteiger partial charge in [0.05, 0.1) is 0 Å². The second-order valence-electron chi connectivity index (χ2n) is 4.93. The van der Waals surface area contributed by atoms with Gasteiger partial charge in [-0.15, -0.1) is 0 Å². The maximum Gasteiger partial charge on any atom is 0.0320 e. The Morgan fingerprint density at radius 3 is 2.22 bits per heavy atom. The summed E-state index contributed by atoms with van der Waals surface area (Å²) < 4.78 is 1.15. The Labute approximate surface area is 120 Å². The summed E-state index contributed by atoms with van der Waals surface area (Å²) in [7, 11) is 0. The molecule has 0 aliphatic carbocycles. The van der Waals surface area contributed by atoms with Crippen LogP contribution in [0, 0.1) is 0 Å². The average molecular weight is 312 g/mol. The van der Waals surface area contributed by atoms with Crippen LogP contribution in [0.4, 0.5) is 0 Å². The second-order valence-corrected chi connectivity index (χ2v) is 5.84. The third kappa shape index (κ3) is 5.11. The summed E-state index contributed by atoms with van der Waals surface area (Å²) in [6, 6.07) is 9.84. The molecule has 0 saturated carbocycles. The van der Waals surface area contributed by atoms with E-state index in [1.807, 2.05) is 0 Å². The van der Waals surface area contributed by atoms with E-state index in [1.54, 1.807) is 0 Å². The van der Waals surface area contributed by atoms with Crippen molar-refractivity contribution in [1.82, 2.24) is 5.32 Å². The van der Waals surface area contributed by atoms with Gasteiger partial charge in [0.25, 0.3) is 0 Å². The number of nitrogens with one attached hydrogen (secondary N) is 1. The SMILES string of the molecule is CCCCC(CC)NC(CC)c1ccc(Br)cc1. The molecule has 1 aromatic rings. The zero-order valence-electron chi connectivity index (χ0n) is 11.9. The number of hydrogen-bond acceptors (Lipinski definition) is 1. The molecule has 0 saturated heterocycles. The highest BCUT2D eigenvalue weighted by Crippen LogP contribution is 2.21. The lowest BCUT2D eigenvalue weighted by Gasteiger charge is -2.24. The van der Waals surface area contributed by atoms with Gasteiger partial charge in [0, 0.05) is 16.6 Å². The zero-order valence-corrected chi connectivity index (χ0v) is 13.5. The quantitative estimate of drug-likeness (QED) is 0.672. The maximum atomic E-state index is 3.81. The first-order valence-corrected chi connectivity index (χ1v) is 8.02. The monoisotopic (exact) mass is 311 g/mol. The van der Waals surface area contributed by atoms with E-state index < -0.39 is 0 Å². The summed E-state index contributed by atoms with van der Waals surface area (Å²) in [5.74, 6) is 0. The lowest BCUT2D eigenvalue weighted by atomic mass is 10.0. The standard InChI is InChI=1S/C16H26BrN/c1-4-7-8-15(5-2)18-16(6-3)13-9-11-14(17)12-10-13/h9-12,15-16,18H,4-8H2,1-3H3. The van der Waals surface area contributed by atoms with Crippen LogP contribution in [0.1, 0.15) is 64.5 Å². The molecule has 0 radical (unpaired) electrons. The Morgan fingerprint density at radius 2 is 1.72 bits per heavy atom. The number of unbranched alkanes of at least 4 members (excludes halogenated alkanes) is 1. The fourth-order valence-corrected chi connectivity index (χ4v) is 2.55. The van der Waals surface area contributed by atoms with E-state index in [0.29, 0.717) is 12.1 Å². The van der Waals surface area contributed by atoms with Crippen molar-refractivity contribution in [3.8, 4) is 0 Å². The fraction of sp³-hybridized carbons (Fsp3) is 0.625. The van der Waals surface area contributed by atoms with E-state index in [-0.39, 0.29) is 0 Å². The number of rotatable bonds is 8. The molecule has 102 valence electrons. The summed E-state index contributed by atoms with van der Waals surface area (Å²) in [5, 5.41) is 3.81. The van der Waals surface area contributed by atoms with Crippen LogP contribution in [-0.2, 0) is 0 Å². The van der Waals surface area contributed by atoms with Crippen LogP contribution in [0.25, 0.3) is 0 Å². The molecule has 0 amide bonds. The van der Waals surface area contributed by atoms with Gasteiger partial charge in [0.2, 0.25) is 0 Å². The third-order valence-electron chi connectivity index (χ3n) is 3.52. The van der Waals surface area contributed by atoms with E-state index in [9.17, 15) is 0 Å². The first-order valence-electron chi connectivity index (χ1n) is 7.22. The first-order chi connectivity index (χ1) is 8.71. The molecule has 0 heterocycles. The second kappa shape index (κ2) is 8.71. The fourth-order valence-electron chi connectivity index (χ4n) is 2.29. The molecule has 1 nitrogen and oxygen atoms in total. The minimum Gasteiger partial charge on any atom is -0.307 e. The largest absolute Gasteiger partial charge is 0.307 e. The number of benzene rings is 1. The van der Waals surface area contributed by atoms with Gasteiger partial charge in [-0.05, 0) is 37.0 Å². The average Bonchev–Trinajstić information content (AvgIpc) is 2.40. The van der Waals surface area contributed by atoms with Crippen LogP contribution in [0.2, 0.25) is 0 Å². The highest BCUT2D eigenvalue weighted by Gasteiger charge is 2.13.